The average molecular weight is 393 g/mol. The summed E-state index contributed by atoms with van der Waals surface area (Å²) in [7, 11) is -1.88. The third kappa shape index (κ3) is 3.68. The van der Waals surface area contributed by atoms with Crippen LogP contribution in [0.15, 0.2) is 12.2 Å². The molecular formula is C23H40O3Si. The van der Waals surface area contributed by atoms with Crippen LogP contribution in [0.4, 0.5) is 0 Å². The van der Waals surface area contributed by atoms with Gasteiger partial charge in [-0.1, -0.05) is 60.1 Å². The molecule has 0 aromatic carbocycles. The van der Waals surface area contributed by atoms with Crippen LogP contribution in [0, 0.1) is 29.6 Å². The summed E-state index contributed by atoms with van der Waals surface area (Å²) >= 11 is 0. The van der Waals surface area contributed by atoms with E-state index in [1.165, 1.54) is 19.3 Å². The molecule has 154 valence electrons. The molecule has 0 bridgehead atoms. The fraction of sp³-hybridized carbons (Fsp3) is 0.870. The molecule has 0 aromatic rings. The number of aliphatic carboxylic acids is 1. The van der Waals surface area contributed by atoms with E-state index in [4.69, 9.17) is 4.43 Å². The summed E-state index contributed by atoms with van der Waals surface area (Å²) < 4.78 is 7.23. The van der Waals surface area contributed by atoms with Crippen LogP contribution in [-0.2, 0) is 9.22 Å². The quantitative estimate of drug-likeness (QED) is 0.428. The van der Waals surface area contributed by atoms with Crippen molar-refractivity contribution in [1.29, 1.82) is 0 Å². The third-order valence-electron chi connectivity index (χ3n) is 8.16. The SMILES string of the molecule is CC(C)[Si](O[C@H]1CCC[C@H]2[C@H]1C=C[C@H]1C[C@@H](C(=O)O)C[C@@H]21)(C(C)C)C(C)C. The number of hydrogen-bond donors (Lipinski definition) is 1. The maximum Gasteiger partial charge on any atom is 0.306 e. The van der Waals surface area contributed by atoms with Gasteiger partial charge in [-0.15, -0.1) is 0 Å². The summed E-state index contributed by atoms with van der Waals surface area (Å²) in [4.78, 5) is 11.5. The van der Waals surface area contributed by atoms with Crippen molar-refractivity contribution in [3.8, 4) is 0 Å². The molecule has 6 atom stereocenters. The van der Waals surface area contributed by atoms with E-state index in [1.54, 1.807) is 0 Å². The second-order valence-corrected chi connectivity index (χ2v) is 15.8. The van der Waals surface area contributed by atoms with Gasteiger partial charge in [0.15, 0.2) is 0 Å². The number of allylic oxidation sites excluding steroid dienone is 1. The van der Waals surface area contributed by atoms with Crippen molar-refractivity contribution in [2.75, 3.05) is 0 Å². The summed E-state index contributed by atoms with van der Waals surface area (Å²) in [5.41, 5.74) is 1.84. The Morgan fingerprint density at radius 3 is 2.15 bits per heavy atom. The van der Waals surface area contributed by atoms with Crippen LogP contribution in [0.5, 0.6) is 0 Å². The van der Waals surface area contributed by atoms with Crippen LogP contribution in [0.3, 0.4) is 0 Å². The summed E-state index contributed by atoms with van der Waals surface area (Å²) in [6, 6.07) is 0. The lowest BCUT2D eigenvalue weighted by molar-refractivity contribution is -0.141. The molecule has 27 heavy (non-hydrogen) atoms. The first kappa shape index (κ1) is 21.1. The van der Waals surface area contributed by atoms with E-state index in [-0.39, 0.29) is 5.92 Å². The van der Waals surface area contributed by atoms with Crippen LogP contribution >= 0.6 is 0 Å². The second kappa shape index (κ2) is 8.02. The Morgan fingerprint density at radius 1 is 0.963 bits per heavy atom. The number of rotatable bonds is 6. The van der Waals surface area contributed by atoms with Gasteiger partial charge in [0.25, 0.3) is 0 Å². The largest absolute Gasteiger partial charge is 0.481 e. The van der Waals surface area contributed by atoms with Crippen LogP contribution in [0.2, 0.25) is 16.6 Å². The zero-order chi connectivity index (χ0) is 19.9. The second-order valence-electron chi connectivity index (χ2n) is 10.4. The van der Waals surface area contributed by atoms with Gasteiger partial charge in [-0.25, -0.2) is 0 Å². The van der Waals surface area contributed by atoms with E-state index in [0.717, 1.165) is 12.8 Å². The molecule has 0 aliphatic heterocycles. The first-order valence-corrected chi connectivity index (χ1v) is 13.4. The van der Waals surface area contributed by atoms with E-state index in [9.17, 15) is 9.90 Å². The molecule has 0 radical (unpaired) electrons. The average Bonchev–Trinajstić information content (AvgIpc) is 3.03. The van der Waals surface area contributed by atoms with Gasteiger partial charge in [0.2, 0.25) is 8.32 Å². The molecule has 0 spiro atoms. The lowest BCUT2D eigenvalue weighted by atomic mass is 9.65. The van der Waals surface area contributed by atoms with Gasteiger partial charge >= 0.3 is 5.97 Å². The Bertz CT molecular complexity index is 546. The van der Waals surface area contributed by atoms with Gasteiger partial charge in [0, 0.05) is 5.92 Å². The number of carbonyl (C=O) groups is 1. The molecule has 3 nitrogen and oxygen atoms in total. The molecule has 0 heterocycles. The zero-order valence-corrected chi connectivity index (χ0v) is 19.2. The normalized spacial score (nSPS) is 36.3. The van der Waals surface area contributed by atoms with E-state index in [0.29, 0.717) is 46.4 Å². The van der Waals surface area contributed by atoms with Gasteiger partial charge in [0.1, 0.15) is 0 Å². The van der Waals surface area contributed by atoms with Crippen molar-refractivity contribution >= 4 is 14.3 Å². The van der Waals surface area contributed by atoms with Crippen LogP contribution < -0.4 is 0 Å². The molecule has 4 heteroatoms. The van der Waals surface area contributed by atoms with Crippen LogP contribution in [0.25, 0.3) is 0 Å². The molecule has 3 aliphatic carbocycles. The van der Waals surface area contributed by atoms with Crippen molar-refractivity contribution in [3.05, 3.63) is 12.2 Å². The molecule has 0 unspecified atom stereocenters. The maximum absolute atomic E-state index is 11.5. The van der Waals surface area contributed by atoms with Crippen molar-refractivity contribution in [3.63, 3.8) is 0 Å². The van der Waals surface area contributed by atoms with Crippen LogP contribution in [-0.4, -0.2) is 25.5 Å². The molecule has 0 amide bonds. The van der Waals surface area contributed by atoms with Crippen LogP contribution in [0.1, 0.15) is 73.6 Å². The topological polar surface area (TPSA) is 46.5 Å². The highest BCUT2D eigenvalue weighted by Gasteiger charge is 2.51. The Kier molecular flexibility index (Phi) is 6.27. The number of carboxylic acid groups (broad SMARTS) is 1. The Morgan fingerprint density at radius 2 is 1.59 bits per heavy atom. The van der Waals surface area contributed by atoms with E-state index >= 15 is 0 Å². The smallest absolute Gasteiger partial charge is 0.306 e. The molecule has 2 fully saturated rings. The van der Waals surface area contributed by atoms with Gasteiger partial charge < -0.3 is 9.53 Å². The molecule has 3 rings (SSSR count). The van der Waals surface area contributed by atoms with Crippen molar-refractivity contribution in [1.82, 2.24) is 0 Å². The molecule has 0 saturated heterocycles. The predicted octanol–water partition coefficient (Wildman–Crippen LogP) is 6.26. The fourth-order valence-corrected chi connectivity index (χ4v) is 12.7. The molecule has 3 aliphatic rings. The van der Waals surface area contributed by atoms with E-state index in [2.05, 4.69) is 53.7 Å². The van der Waals surface area contributed by atoms with Crippen molar-refractivity contribution in [2.24, 2.45) is 29.6 Å². The monoisotopic (exact) mass is 392 g/mol. The Balaban J connectivity index is 1.83. The summed E-state index contributed by atoms with van der Waals surface area (Å²) in [5, 5.41) is 9.50. The highest BCUT2D eigenvalue weighted by atomic mass is 28.4. The van der Waals surface area contributed by atoms with E-state index in [1.807, 2.05) is 0 Å². The Labute approximate surface area is 167 Å². The number of carboxylic acids is 1. The standard InChI is InChI=1S/C23H40O3Si/c1-14(2)27(15(3)4,16(5)6)26-22-9-7-8-19-20(22)11-10-17-12-18(23(24)25)13-21(17)19/h10-11,14-22H,7-9,12-13H2,1-6H3,(H,24,25)/t17-,18+,19-,20+,21+,22-/m0/s1. The summed E-state index contributed by atoms with van der Waals surface area (Å²) in [5.74, 6) is 1.43. The van der Waals surface area contributed by atoms with Crippen molar-refractivity contribution in [2.45, 2.75) is 96.4 Å². The van der Waals surface area contributed by atoms with Gasteiger partial charge in [-0.2, -0.15) is 0 Å². The summed E-state index contributed by atoms with van der Waals surface area (Å²) in [6.45, 7) is 14.2. The first-order valence-electron chi connectivity index (χ1n) is 11.3. The zero-order valence-electron chi connectivity index (χ0n) is 18.2. The molecular weight excluding hydrogens is 352 g/mol. The molecule has 0 aromatic heterocycles. The lowest BCUT2D eigenvalue weighted by Gasteiger charge is -2.50. The maximum atomic E-state index is 11.5. The number of fused-ring (bicyclic) bond motifs is 3. The molecule has 2 saturated carbocycles. The minimum absolute atomic E-state index is 0.139. The number of hydrogen-bond acceptors (Lipinski definition) is 2. The lowest BCUT2D eigenvalue weighted by Crippen LogP contribution is -2.53. The Hall–Kier alpha value is -0.613. The molecule has 1 N–H and O–H groups in total. The van der Waals surface area contributed by atoms with Gasteiger partial charge in [-0.05, 0) is 60.1 Å². The minimum Gasteiger partial charge on any atom is -0.481 e. The van der Waals surface area contributed by atoms with E-state index < -0.39 is 14.3 Å². The fourth-order valence-electron chi connectivity index (χ4n) is 7.08. The predicted molar refractivity (Wildman–Crippen MR) is 113 cm³/mol. The first-order chi connectivity index (χ1) is 12.7. The van der Waals surface area contributed by atoms with Crippen molar-refractivity contribution < 1.29 is 14.3 Å². The minimum atomic E-state index is -1.88. The summed E-state index contributed by atoms with van der Waals surface area (Å²) in [6.07, 6.45) is 10.5. The highest BCUT2D eigenvalue weighted by Crippen LogP contribution is 2.53. The third-order valence-corrected chi connectivity index (χ3v) is 14.3. The van der Waals surface area contributed by atoms with Gasteiger partial charge in [-0.3, -0.25) is 4.79 Å². The van der Waals surface area contributed by atoms with Gasteiger partial charge in [0.05, 0.1) is 12.0 Å². The highest BCUT2D eigenvalue weighted by molar-refractivity contribution is 6.77.